The topological polar surface area (TPSA) is 78.9 Å². The molecule has 0 aliphatic heterocycles. The van der Waals surface area contributed by atoms with Crippen LogP contribution in [0.2, 0.25) is 0 Å². The Bertz CT molecular complexity index is 900. The predicted molar refractivity (Wildman–Crippen MR) is 252 cm³/mol. The Morgan fingerprint density at radius 3 is 0.831 bits per heavy atom. The first-order valence-electron chi connectivity index (χ1n) is 26.2. The summed E-state index contributed by atoms with van der Waals surface area (Å²) in [6.07, 6.45) is 47.0. The van der Waals surface area contributed by atoms with Gasteiger partial charge in [-0.15, -0.1) is 0 Å². The molecule has 0 aliphatic carbocycles. The Labute approximate surface area is 368 Å². The maximum atomic E-state index is 12.7. The molecule has 0 aromatic rings. The van der Waals surface area contributed by atoms with Gasteiger partial charge in [-0.05, 0) is 31.1 Å². The van der Waals surface area contributed by atoms with E-state index in [9.17, 15) is 14.4 Å². The lowest BCUT2D eigenvalue weighted by atomic mass is 10.0. The van der Waals surface area contributed by atoms with Gasteiger partial charge < -0.3 is 14.2 Å². The number of ether oxygens (including phenoxy) is 3. The Morgan fingerprint density at radius 2 is 0.559 bits per heavy atom. The summed E-state index contributed by atoms with van der Waals surface area (Å²) in [5, 5.41) is 0. The van der Waals surface area contributed by atoms with Crippen LogP contribution in [0, 0.1) is 11.8 Å². The van der Waals surface area contributed by atoms with Gasteiger partial charge in [-0.2, -0.15) is 0 Å². The third-order valence-corrected chi connectivity index (χ3v) is 12.0. The van der Waals surface area contributed by atoms with Gasteiger partial charge in [-0.25, -0.2) is 0 Å². The fraction of sp³-hybridized carbons (Fsp3) is 0.943. The molecule has 0 heterocycles. The van der Waals surface area contributed by atoms with Crippen molar-refractivity contribution in [3.63, 3.8) is 0 Å². The first kappa shape index (κ1) is 57.4. The Balaban J connectivity index is 4.09. The summed E-state index contributed by atoms with van der Waals surface area (Å²) in [5.41, 5.74) is 0. The van der Waals surface area contributed by atoms with Crippen molar-refractivity contribution < 1.29 is 28.6 Å². The summed E-state index contributed by atoms with van der Waals surface area (Å²) >= 11 is 0. The molecule has 350 valence electrons. The molecule has 6 nitrogen and oxygen atoms in total. The molecule has 0 radical (unpaired) electrons. The lowest BCUT2D eigenvalue weighted by Crippen LogP contribution is -2.30. The summed E-state index contributed by atoms with van der Waals surface area (Å²) in [5.74, 6) is 0.836. The molecule has 0 aromatic carbocycles. The van der Waals surface area contributed by atoms with E-state index in [4.69, 9.17) is 14.2 Å². The number of carbonyl (C=O) groups excluding carboxylic acids is 3. The van der Waals surface area contributed by atoms with Gasteiger partial charge in [-0.1, -0.05) is 253 Å². The highest BCUT2D eigenvalue weighted by Gasteiger charge is 2.19. The van der Waals surface area contributed by atoms with E-state index in [1.54, 1.807) is 0 Å². The van der Waals surface area contributed by atoms with Crippen LogP contribution in [0.3, 0.4) is 0 Å². The Kier molecular flexibility index (Phi) is 44.7. The molecule has 1 atom stereocenters. The number of unbranched alkanes of at least 4 members (excludes halogenated alkanes) is 32. The molecule has 0 aromatic heterocycles. The lowest BCUT2D eigenvalue weighted by molar-refractivity contribution is -0.167. The van der Waals surface area contributed by atoms with Gasteiger partial charge in [0.05, 0.1) is 0 Å². The average molecular weight is 835 g/mol. The lowest BCUT2D eigenvalue weighted by Gasteiger charge is -2.18. The van der Waals surface area contributed by atoms with Crippen LogP contribution in [0.25, 0.3) is 0 Å². The summed E-state index contributed by atoms with van der Waals surface area (Å²) in [4.78, 5) is 37.7. The van der Waals surface area contributed by atoms with Crippen molar-refractivity contribution in [1.29, 1.82) is 0 Å². The molecule has 0 rings (SSSR count). The van der Waals surface area contributed by atoms with E-state index in [0.717, 1.165) is 76.0 Å². The normalized spacial score (nSPS) is 12.1. The maximum absolute atomic E-state index is 12.7. The number of hydrogen-bond donors (Lipinski definition) is 0. The molecule has 59 heavy (non-hydrogen) atoms. The minimum absolute atomic E-state index is 0.0644. The van der Waals surface area contributed by atoms with Crippen molar-refractivity contribution in [2.75, 3.05) is 13.2 Å². The molecule has 0 unspecified atom stereocenters. The zero-order chi connectivity index (χ0) is 43.3. The predicted octanol–water partition coefficient (Wildman–Crippen LogP) is 16.9. The van der Waals surface area contributed by atoms with E-state index in [2.05, 4.69) is 34.6 Å². The molecule has 0 spiro atoms. The second-order valence-electron chi connectivity index (χ2n) is 19.1. The molecule has 0 saturated carbocycles. The van der Waals surface area contributed by atoms with Crippen LogP contribution in [-0.2, 0) is 28.6 Å². The first-order valence-corrected chi connectivity index (χ1v) is 26.2. The van der Waals surface area contributed by atoms with Gasteiger partial charge in [-0.3, -0.25) is 14.4 Å². The molecule has 6 heteroatoms. The van der Waals surface area contributed by atoms with Gasteiger partial charge in [0.15, 0.2) is 6.10 Å². The zero-order valence-electron chi connectivity index (χ0n) is 40.4. The van der Waals surface area contributed by atoms with E-state index in [1.807, 2.05) is 0 Å². The molecule has 0 fully saturated rings. The van der Waals surface area contributed by atoms with Crippen LogP contribution in [0.4, 0.5) is 0 Å². The number of rotatable bonds is 47. The minimum atomic E-state index is -0.759. The quantitative estimate of drug-likeness (QED) is 0.0345. The van der Waals surface area contributed by atoms with Gasteiger partial charge in [0.1, 0.15) is 13.2 Å². The van der Waals surface area contributed by atoms with E-state index < -0.39 is 6.10 Å². The highest BCUT2D eigenvalue weighted by Crippen LogP contribution is 2.18. The van der Waals surface area contributed by atoms with Crippen LogP contribution >= 0.6 is 0 Å². The van der Waals surface area contributed by atoms with Gasteiger partial charge in [0, 0.05) is 19.3 Å². The van der Waals surface area contributed by atoms with Crippen molar-refractivity contribution >= 4 is 17.9 Å². The van der Waals surface area contributed by atoms with Crippen molar-refractivity contribution in [2.24, 2.45) is 11.8 Å². The summed E-state index contributed by atoms with van der Waals surface area (Å²) in [6, 6.07) is 0. The van der Waals surface area contributed by atoms with Crippen LogP contribution in [-0.4, -0.2) is 37.2 Å². The zero-order valence-corrected chi connectivity index (χ0v) is 40.4. The number of hydrogen-bond acceptors (Lipinski definition) is 6. The SMILES string of the molecule is CCCCCCCC(=O)OC[C@@H](COC(=O)CCCCCCCCCCCCCCCCCC(C)C)OC(=O)CCCCCCCCCCCCCCCCCC(C)C. The van der Waals surface area contributed by atoms with Crippen molar-refractivity contribution in [3.8, 4) is 0 Å². The summed E-state index contributed by atoms with van der Waals surface area (Å²) in [6.45, 7) is 11.3. The Hall–Kier alpha value is -1.59. The van der Waals surface area contributed by atoms with Gasteiger partial charge in [0.25, 0.3) is 0 Å². The molecule has 0 aliphatic rings. The first-order chi connectivity index (χ1) is 28.7. The summed E-state index contributed by atoms with van der Waals surface area (Å²) in [7, 11) is 0. The van der Waals surface area contributed by atoms with Gasteiger partial charge >= 0.3 is 17.9 Å². The van der Waals surface area contributed by atoms with Crippen LogP contribution in [0.5, 0.6) is 0 Å². The second kappa shape index (κ2) is 45.9. The largest absolute Gasteiger partial charge is 0.462 e. The van der Waals surface area contributed by atoms with Crippen LogP contribution < -0.4 is 0 Å². The minimum Gasteiger partial charge on any atom is -0.462 e. The Morgan fingerprint density at radius 1 is 0.322 bits per heavy atom. The van der Waals surface area contributed by atoms with Crippen molar-refractivity contribution in [3.05, 3.63) is 0 Å². The number of carbonyl (C=O) groups is 3. The highest BCUT2D eigenvalue weighted by molar-refractivity contribution is 5.71. The average Bonchev–Trinajstić information content (AvgIpc) is 3.20. The molecular weight excluding hydrogens is 733 g/mol. The fourth-order valence-electron chi connectivity index (χ4n) is 7.99. The van der Waals surface area contributed by atoms with Crippen LogP contribution in [0.1, 0.15) is 291 Å². The monoisotopic (exact) mass is 835 g/mol. The van der Waals surface area contributed by atoms with Crippen LogP contribution in [0.15, 0.2) is 0 Å². The van der Waals surface area contributed by atoms with Crippen molar-refractivity contribution in [2.45, 2.75) is 298 Å². The second-order valence-corrected chi connectivity index (χ2v) is 19.1. The fourth-order valence-corrected chi connectivity index (χ4v) is 7.99. The van der Waals surface area contributed by atoms with E-state index in [0.29, 0.717) is 19.3 Å². The molecule has 0 saturated heterocycles. The van der Waals surface area contributed by atoms with Gasteiger partial charge in [0.2, 0.25) is 0 Å². The molecule has 0 bridgehead atoms. The number of esters is 3. The molecule has 0 amide bonds. The molecule has 0 N–H and O–H groups in total. The van der Waals surface area contributed by atoms with E-state index >= 15 is 0 Å². The van der Waals surface area contributed by atoms with E-state index in [1.165, 1.54) is 173 Å². The maximum Gasteiger partial charge on any atom is 0.306 e. The molecular formula is C53H102O6. The smallest absolute Gasteiger partial charge is 0.306 e. The third kappa shape index (κ3) is 47.3. The highest BCUT2D eigenvalue weighted by atomic mass is 16.6. The summed E-state index contributed by atoms with van der Waals surface area (Å²) < 4.78 is 16.7. The van der Waals surface area contributed by atoms with Crippen molar-refractivity contribution in [1.82, 2.24) is 0 Å². The third-order valence-electron chi connectivity index (χ3n) is 12.0. The van der Waals surface area contributed by atoms with E-state index in [-0.39, 0.29) is 31.1 Å². The standard InChI is InChI=1S/C53H102O6/c1-6-7-8-31-38-43-51(54)57-46-50(59-53(56)45-40-35-30-26-22-18-14-10-12-16-20-24-28-33-37-42-49(4)5)47-58-52(55)44-39-34-29-25-21-17-13-9-11-15-19-23-27-32-36-41-48(2)3/h48-50H,6-47H2,1-5H3/t50-/m0/s1.